The molecular weight excluding hydrogens is 326 g/mol. The summed E-state index contributed by atoms with van der Waals surface area (Å²) in [5.74, 6) is 0.711. The number of hydrogen-bond acceptors (Lipinski definition) is 4. The van der Waals surface area contributed by atoms with Crippen molar-refractivity contribution in [2.45, 2.75) is 38.0 Å². The number of amides is 1. The van der Waals surface area contributed by atoms with Crippen LogP contribution in [0.4, 0.5) is 6.01 Å². The standard InChI is InChI=1S/C21H21N3O2/c25-19(18-13-7-12-17(14-18)15-8-3-1-4-9-15)22-21-24-23-20(26-21)16-10-5-2-6-11-16/h1,3-4,7-9,12-14,16H,2,5-6,10-11H2,(H,22,24,25). The first-order valence-corrected chi connectivity index (χ1v) is 9.10. The van der Waals surface area contributed by atoms with Crippen molar-refractivity contribution in [3.05, 3.63) is 66.1 Å². The zero-order chi connectivity index (χ0) is 17.8. The van der Waals surface area contributed by atoms with Crippen LogP contribution in [-0.2, 0) is 0 Å². The summed E-state index contributed by atoms with van der Waals surface area (Å²) >= 11 is 0. The number of rotatable bonds is 4. The van der Waals surface area contributed by atoms with E-state index in [0.29, 0.717) is 17.4 Å². The van der Waals surface area contributed by atoms with Gasteiger partial charge in [-0.15, -0.1) is 5.10 Å². The number of hydrogen-bond donors (Lipinski definition) is 1. The predicted octanol–water partition coefficient (Wildman–Crippen LogP) is 5.04. The largest absolute Gasteiger partial charge is 0.408 e. The summed E-state index contributed by atoms with van der Waals surface area (Å²) in [7, 11) is 0. The van der Waals surface area contributed by atoms with Gasteiger partial charge in [0.25, 0.3) is 5.91 Å². The lowest BCUT2D eigenvalue weighted by molar-refractivity contribution is 0.102. The van der Waals surface area contributed by atoms with Crippen LogP contribution in [-0.4, -0.2) is 16.1 Å². The third kappa shape index (κ3) is 3.67. The summed E-state index contributed by atoms with van der Waals surface area (Å²) in [6.07, 6.45) is 5.82. The monoisotopic (exact) mass is 347 g/mol. The lowest BCUT2D eigenvalue weighted by Crippen LogP contribution is -2.12. The van der Waals surface area contributed by atoms with Crippen molar-refractivity contribution < 1.29 is 9.21 Å². The van der Waals surface area contributed by atoms with Crippen molar-refractivity contribution in [1.82, 2.24) is 10.2 Å². The smallest absolute Gasteiger partial charge is 0.322 e. The molecule has 0 bridgehead atoms. The molecule has 5 nitrogen and oxygen atoms in total. The summed E-state index contributed by atoms with van der Waals surface area (Å²) in [4.78, 5) is 12.5. The van der Waals surface area contributed by atoms with Gasteiger partial charge >= 0.3 is 6.01 Å². The van der Waals surface area contributed by atoms with E-state index in [9.17, 15) is 4.79 Å². The molecule has 0 aliphatic heterocycles. The van der Waals surface area contributed by atoms with Gasteiger partial charge < -0.3 is 4.42 Å². The van der Waals surface area contributed by atoms with E-state index in [2.05, 4.69) is 15.5 Å². The highest BCUT2D eigenvalue weighted by Crippen LogP contribution is 2.32. The Morgan fingerprint density at radius 2 is 1.69 bits per heavy atom. The van der Waals surface area contributed by atoms with Crippen LogP contribution in [0.1, 0.15) is 54.3 Å². The van der Waals surface area contributed by atoms with Gasteiger partial charge in [0.2, 0.25) is 5.89 Å². The van der Waals surface area contributed by atoms with Gasteiger partial charge in [-0.2, -0.15) is 0 Å². The Morgan fingerprint density at radius 3 is 2.50 bits per heavy atom. The minimum absolute atomic E-state index is 0.167. The van der Waals surface area contributed by atoms with E-state index >= 15 is 0 Å². The van der Waals surface area contributed by atoms with Crippen LogP contribution in [0.5, 0.6) is 0 Å². The van der Waals surface area contributed by atoms with Crippen molar-refractivity contribution in [2.24, 2.45) is 0 Å². The third-order valence-electron chi connectivity index (χ3n) is 4.85. The minimum Gasteiger partial charge on any atom is -0.408 e. The molecule has 1 N–H and O–H groups in total. The van der Waals surface area contributed by atoms with E-state index in [0.717, 1.165) is 24.0 Å². The second kappa shape index (κ2) is 7.52. The molecule has 1 aliphatic carbocycles. The number of carbonyl (C=O) groups excluding carboxylic acids is 1. The molecule has 1 aromatic heterocycles. The minimum atomic E-state index is -0.248. The molecule has 0 radical (unpaired) electrons. The average Bonchev–Trinajstić information content (AvgIpc) is 3.18. The summed E-state index contributed by atoms with van der Waals surface area (Å²) in [5.41, 5.74) is 2.62. The van der Waals surface area contributed by atoms with Crippen molar-refractivity contribution in [1.29, 1.82) is 0 Å². The van der Waals surface area contributed by atoms with Crippen LogP contribution >= 0.6 is 0 Å². The Labute approximate surface area is 152 Å². The normalized spacial score (nSPS) is 14.9. The first kappa shape index (κ1) is 16.5. The average molecular weight is 347 g/mol. The Balaban J connectivity index is 1.48. The molecule has 0 spiro atoms. The van der Waals surface area contributed by atoms with Gasteiger partial charge in [0.05, 0.1) is 0 Å². The number of benzene rings is 2. The molecule has 0 unspecified atom stereocenters. The Morgan fingerprint density at radius 1 is 0.923 bits per heavy atom. The van der Waals surface area contributed by atoms with Crippen LogP contribution in [0.25, 0.3) is 11.1 Å². The zero-order valence-electron chi connectivity index (χ0n) is 14.5. The summed E-state index contributed by atoms with van der Waals surface area (Å²) in [5, 5.41) is 10.8. The first-order valence-electron chi connectivity index (χ1n) is 9.10. The number of aromatic nitrogens is 2. The van der Waals surface area contributed by atoms with Crippen LogP contribution in [0, 0.1) is 0 Å². The molecule has 1 fully saturated rings. The second-order valence-corrected chi connectivity index (χ2v) is 6.68. The van der Waals surface area contributed by atoms with E-state index in [1.807, 2.05) is 48.5 Å². The van der Waals surface area contributed by atoms with Crippen molar-refractivity contribution >= 4 is 11.9 Å². The second-order valence-electron chi connectivity index (χ2n) is 6.68. The lowest BCUT2D eigenvalue weighted by atomic mass is 9.89. The van der Waals surface area contributed by atoms with Crippen LogP contribution in [0.2, 0.25) is 0 Å². The maximum Gasteiger partial charge on any atom is 0.322 e. The SMILES string of the molecule is O=C(Nc1nnc(C2CCCCC2)o1)c1cccc(-c2ccccc2)c1. The van der Waals surface area contributed by atoms with Gasteiger partial charge in [-0.05, 0) is 36.1 Å². The van der Waals surface area contributed by atoms with Crippen LogP contribution < -0.4 is 5.32 Å². The molecule has 0 saturated heterocycles. The molecular formula is C21H21N3O2. The van der Waals surface area contributed by atoms with Crippen molar-refractivity contribution in [3.63, 3.8) is 0 Å². The van der Waals surface area contributed by atoms with E-state index in [1.165, 1.54) is 19.3 Å². The summed E-state index contributed by atoms with van der Waals surface area (Å²) in [6.45, 7) is 0. The molecule has 132 valence electrons. The van der Waals surface area contributed by atoms with Gasteiger partial charge in [-0.25, -0.2) is 0 Å². The molecule has 5 heteroatoms. The van der Waals surface area contributed by atoms with Crippen molar-refractivity contribution in [3.8, 4) is 11.1 Å². The fraction of sp³-hybridized carbons (Fsp3) is 0.286. The van der Waals surface area contributed by atoms with E-state index in [4.69, 9.17) is 4.42 Å². The van der Waals surface area contributed by atoms with Gasteiger partial charge in [0, 0.05) is 11.5 Å². The molecule has 0 atom stereocenters. The highest BCUT2D eigenvalue weighted by molar-refractivity contribution is 6.03. The fourth-order valence-electron chi connectivity index (χ4n) is 3.44. The molecule has 1 heterocycles. The van der Waals surface area contributed by atoms with Crippen molar-refractivity contribution in [2.75, 3.05) is 5.32 Å². The van der Waals surface area contributed by atoms with Crippen LogP contribution in [0.15, 0.2) is 59.0 Å². The van der Waals surface area contributed by atoms with Gasteiger partial charge in [0.1, 0.15) is 0 Å². The maximum atomic E-state index is 12.5. The lowest BCUT2D eigenvalue weighted by Gasteiger charge is -2.17. The predicted molar refractivity (Wildman–Crippen MR) is 100.0 cm³/mol. The number of carbonyl (C=O) groups is 1. The fourth-order valence-corrected chi connectivity index (χ4v) is 3.44. The number of anilines is 1. The van der Waals surface area contributed by atoms with E-state index < -0.39 is 0 Å². The summed E-state index contributed by atoms with van der Waals surface area (Å²) < 4.78 is 5.68. The molecule has 1 saturated carbocycles. The number of nitrogens with one attached hydrogen (secondary N) is 1. The first-order chi connectivity index (χ1) is 12.8. The topological polar surface area (TPSA) is 68.0 Å². The third-order valence-corrected chi connectivity index (χ3v) is 4.85. The Bertz CT molecular complexity index is 883. The molecule has 1 amide bonds. The van der Waals surface area contributed by atoms with Crippen LogP contribution in [0.3, 0.4) is 0 Å². The highest BCUT2D eigenvalue weighted by atomic mass is 16.4. The van der Waals surface area contributed by atoms with E-state index in [-0.39, 0.29) is 11.9 Å². The highest BCUT2D eigenvalue weighted by Gasteiger charge is 2.22. The number of nitrogens with zero attached hydrogens (tertiary/aromatic N) is 2. The molecule has 26 heavy (non-hydrogen) atoms. The van der Waals surface area contributed by atoms with Gasteiger partial charge in [-0.1, -0.05) is 66.8 Å². The zero-order valence-corrected chi connectivity index (χ0v) is 14.5. The molecule has 2 aromatic carbocycles. The van der Waals surface area contributed by atoms with E-state index in [1.54, 1.807) is 6.07 Å². The molecule has 4 rings (SSSR count). The Kier molecular flexibility index (Phi) is 4.78. The quantitative estimate of drug-likeness (QED) is 0.718. The maximum absolute atomic E-state index is 12.5. The molecule has 3 aromatic rings. The molecule has 1 aliphatic rings. The summed E-state index contributed by atoms with van der Waals surface area (Å²) in [6, 6.07) is 17.6. The Hall–Kier alpha value is -2.95. The van der Waals surface area contributed by atoms with Gasteiger partial charge in [-0.3, -0.25) is 10.1 Å². The van der Waals surface area contributed by atoms with Gasteiger partial charge in [0.15, 0.2) is 0 Å².